The van der Waals surface area contributed by atoms with Gasteiger partial charge in [-0.25, -0.2) is 4.98 Å². The Balaban J connectivity index is 1.54. The van der Waals surface area contributed by atoms with Crippen molar-refractivity contribution in [3.8, 4) is 5.69 Å². The highest BCUT2D eigenvalue weighted by Gasteiger charge is 2.18. The maximum absolute atomic E-state index is 13.2. The SMILES string of the molecule is Cc1ccc(-n2c(C)c(C)c3c(=O)n(CC(=O)NCCc4ccc(Cl)cc4)cnc32)cc1. The molecule has 2 aromatic heterocycles. The Hall–Kier alpha value is -3.38. The van der Waals surface area contributed by atoms with Crippen molar-refractivity contribution in [3.05, 3.63) is 92.6 Å². The van der Waals surface area contributed by atoms with Gasteiger partial charge in [0, 0.05) is 22.9 Å². The lowest BCUT2D eigenvalue weighted by molar-refractivity contribution is -0.121. The summed E-state index contributed by atoms with van der Waals surface area (Å²) in [5.74, 6) is -0.227. The van der Waals surface area contributed by atoms with Crippen molar-refractivity contribution < 1.29 is 4.79 Å². The van der Waals surface area contributed by atoms with E-state index in [0.29, 0.717) is 29.0 Å². The molecule has 0 atom stereocenters. The molecule has 1 N–H and O–H groups in total. The van der Waals surface area contributed by atoms with Gasteiger partial charge in [0.1, 0.15) is 12.9 Å². The molecule has 164 valence electrons. The lowest BCUT2D eigenvalue weighted by Gasteiger charge is -2.09. The Morgan fingerprint density at radius 2 is 1.72 bits per heavy atom. The zero-order valence-corrected chi connectivity index (χ0v) is 19.1. The number of fused-ring (bicyclic) bond motifs is 1. The largest absolute Gasteiger partial charge is 0.354 e. The summed E-state index contributed by atoms with van der Waals surface area (Å²) >= 11 is 5.90. The maximum atomic E-state index is 13.2. The first-order valence-corrected chi connectivity index (χ1v) is 10.9. The van der Waals surface area contributed by atoms with E-state index < -0.39 is 0 Å². The lowest BCUT2D eigenvalue weighted by atomic mass is 10.1. The van der Waals surface area contributed by atoms with Crippen LogP contribution in [0.1, 0.15) is 22.4 Å². The van der Waals surface area contributed by atoms with Crippen molar-refractivity contribution in [1.29, 1.82) is 0 Å². The standard InChI is InChI=1S/C25H25ClN4O2/c1-16-4-10-21(11-5-16)30-18(3)17(2)23-24(30)28-15-29(25(23)32)14-22(31)27-13-12-19-6-8-20(26)9-7-19/h4-11,15H,12-14H2,1-3H3,(H,27,31). The number of aromatic nitrogens is 3. The minimum Gasteiger partial charge on any atom is -0.354 e. The molecule has 6 nitrogen and oxygen atoms in total. The number of amides is 1. The van der Waals surface area contributed by atoms with Crippen molar-refractivity contribution in [2.24, 2.45) is 0 Å². The zero-order valence-electron chi connectivity index (χ0n) is 18.4. The van der Waals surface area contributed by atoms with E-state index in [1.54, 1.807) is 0 Å². The van der Waals surface area contributed by atoms with Crippen LogP contribution < -0.4 is 10.9 Å². The molecule has 7 heteroatoms. The summed E-state index contributed by atoms with van der Waals surface area (Å²) < 4.78 is 3.36. The monoisotopic (exact) mass is 448 g/mol. The van der Waals surface area contributed by atoms with Crippen LogP contribution >= 0.6 is 11.6 Å². The molecule has 0 unspecified atom stereocenters. The van der Waals surface area contributed by atoms with Crippen molar-refractivity contribution in [2.75, 3.05) is 6.54 Å². The number of benzene rings is 2. The molecule has 0 aliphatic carbocycles. The van der Waals surface area contributed by atoms with E-state index in [4.69, 9.17) is 11.6 Å². The molecule has 0 bridgehead atoms. The Bertz CT molecular complexity index is 1340. The fraction of sp³-hybridized carbons (Fsp3) is 0.240. The quantitative estimate of drug-likeness (QED) is 0.482. The van der Waals surface area contributed by atoms with Gasteiger partial charge in [0.15, 0.2) is 5.65 Å². The molecule has 0 saturated carbocycles. The van der Waals surface area contributed by atoms with Crippen LogP contribution in [0.3, 0.4) is 0 Å². The van der Waals surface area contributed by atoms with E-state index >= 15 is 0 Å². The Kier molecular flexibility index (Phi) is 6.15. The second-order valence-corrected chi connectivity index (χ2v) is 8.42. The summed E-state index contributed by atoms with van der Waals surface area (Å²) in [4.78, 5) is 30.2. The number of carbonyl (C=O) groups excluding carboxylic acids is 1. The summed E-state index contributed by atoms with van der Waals surface area (Å²) in [5.41, 5.74) is 5.42. The third-order valence-electron chi connectivity index (χ3n) is 5.74. The van der Waals surface area contributed by atoms with Crippen molar-refractivity contribution >= 4 is 28.5 Å². The van der Waals surface area contributed by atoms with Crippen LogP contribution in [0.2, 0.25) is 5.02 Å². The molecular formula is C25H25ClN4O2. The van der Waals surface area contributed by atoms with E-state index in [1.165, 1.54) is 10.9 Å². The number of carbonyl (C=O) groups is 1. The lowest BCUT2D eigenvalue weighted by Crippen LogP contribution is -2.33. The highest BCUT2D eigenvalue weighted by molar-refractivity contribution is 6.30. The van der Waals surface area contributed by atoms with E-state index in [0.717, 1.165) is 28.1 Å². The van der Waals surface area contributed by atoms with Gasteiger partial charge in [-0.2, -0.15) is 0 Å². The maximum Gasteiger partial charge on any atom is 0.263 e. The van der Waals surface area contributed by atoms with E-state index in [2.05, 4.69) is 10.3 Å². The summed E-state index contributed by atoms with van der Waals surface area (Å²) in [7, 11) is 0. The van der Waals surface area contributed by atoms with Gasteiger partial charge in [-0.1, -0.05) is 41.4 Å². The summed E-state index contributed by atoms with van der Waals surface area (Å²) in [5, 5.41) is 4.09. The second kappa shape index (κ2) is 9.01. The Morgan fingerprint density at radius 3 is 2.41 bits per heavy atom. The molecule has 4 aromatic rings. The molecule has 4 rings (SSSR count). The van der Waals surface area contributed by atoms with Gasteiger partial charge < -0.3 is 5.32 Å². The second-order valence-electron chi connectivity index (χ2n) is 7.98. The van der Waals surface area contributed by atoms with Gasteiger partial charge in [-0.15, -0.1) is 0 Å². The molecule has 0 spiro atoms. The minimum atomic E-state index is -0.227. The molecule has 2 aromatic carbocycles. The van der Waals surface area contributed by atoms with E-state index in [-0.39, 0.29) is 18.0 Å². The number of hydrogen-bond acceptors (Lipinski definition) is 3. The van der Waals surface area contributed by atoms with Crippen LogP contribution in [0.4, 0.5) is 0 Å². The van der Waals surface area contributed by atoms with Gasteiger partial charge >= 0.3 is 0 Å². The molecule has 0 aliphatic rings. The molecule has 0 fully saturated rings. The van der Waals surface area contributed by atoms with Gasteiger partial charge in [-0.05, 0) is 62.6 Å². The normalized spacial score (nSPS) is 11.1. The van der Waals surface area contributed by atoms with Crippen molar-refractivity contribution in [3.63, 3.8) is 0 Å². The minimum absolute atomic E-state index is 0.0728. The number of aryl methyl sites for hydroxylation is 2. The smallest absolute Gasteiger partial charge is 0.263 e. The molecular weight excluding hydrogens is 424 g/mol. The van der Waals surface area contributed by atoms with E-state index in [9.17, 15) is 9.59 Å². The predicted molar refractivity (Wildman–Crippen MR) is 128 cm³/mol. The van der Waals surface area contributed by atoms with Gasteiger partial charge in [0.2, 0.25) is 5.91 Å². The predicted octanol–water partition coefficient (Wildman–Crippen LogP) is 4.12. The third kappa shape index (κ3) is 4.32. The van der Waals surface area contributed by atoms with Crippen LogP contribution in [0.15, 0.2) is 59.7 Å². The topological polar surface area (TPSA) is 68.9 Å². The first kappa shape index (κ1) is 21.8. The van der Waals surface area contributed by atoms with Gasteiger partial charge in [-0.3, -0.25) is 18.7 Å². The summed E-state index contributed by atoms with van der Waals surface area (Å²) in [6, 6.07) is 15.6. The molecule has 32 heavy (non-hydrogen) atoms. The average Bonchev–Trinajstić information content (AvgIpc) is 3.03. The van der Waals surface area contributed by atoms with E-state index in [1.807, 2.05) is 73.9 Å². The molecule has 2 heterocycles. The Morgan fingerprint density at radius 1 is 1.03 bits per heavy atom. The third-order valence-corrected chi connectivity index (χ3v) is 5.99. The first-order chi connectivity index (χ1) is 15.3. The average molecular weight is 449 g/mol. The molecule has 0 aliphatic heterocycles. The number of nitrogens with one attached hydrogen (secondary N) is 1. The summed E-state index contributed by atoms with van der Waals surface area (Å²) in [6.07, 6.45) is 2.14. The van der Waals surface area contributed by atoms with Crippen LogP contribution in [-0.4, -0.2) is 26.6 Å². The van der Waals surface area contributed by atoms with Crippen LogP contribution in [0.25, 0.3) is 16.7 Å². The first-order valence-electron chi connectivity index (χ1n) is 10.5. The highest BCUT2D eigenvalue weighted by Crippen LogP contribution is 2.25. The zero-order chi connectivity index (χ0) is 22.8. The van der Waals surface area contributed by atoms with Crippen LogP contribution in [0.5, 0.6) is 0 Å². The fourth-order valence-corrected chi connectivity index (χ4v) is 3.94. The van der Waals surface area contributed by atoms with Gasteiger partial charge in [0.05, 0.1) is 5.39 Å². The van der Waals surface area contributed by atoms with Gasteiger partial charge in [0.25, 0.3) is 5.56 Å². The summed E-state index contributed by atoms with van der Waals surface area (Å²) in [6.45, 7) is 6.34. The fourth-order valence-electron chi connectivity index (χ4n) is 3.82. The number of rotatable bonds is 6. The number of halogens is 1. The Labute approximate surface area is 191 Å². The molecule has 1 amide bonds. The van der Waals surface area contributed by atoms with Crippen LogP contribution in [0, 0.1) is 20.8 Å². The van der Waals surface area contributed by atoms with Crippen molar-refractivity contribution in [2.45, 2.75) is 33.7 Å². The number of nitrogens with zero attached hydrogens (tertiary/aromatic N) is 3. The molecule has 0 saturated heterocycles. The molecule has 0 radical (unpaired) electrons. The number of hydrogen-bond donors (Lipinski definition) is 1. The van der Waals surface area contributed by atoms with Crippen LogP contribution in [-0.2, 0) is 17.8 Å². The highest BCUT2D eigenvalue weighted by atomic mass is 35.5. The van der Waals surface area contributed by atoms with Crippen molar-refractivity contribution in [1.82, 2.24) is 19.4 Å².